The van der Waals surface area contributed by atoms with Crippen LogP contribution in [0.3, 0.4) is 0 Å². The number of nitrogens with one attached hydrogen (secondary N) is 3. The van der Waals surface area contributed by atoms with Crippen LogP contribution in [0, 0.1) is 16.2 Å². The normalized spacial score (nSPS) is 27.2. The van der Waals surface area contributed by atoms with Gasteiger partial charge in [0, 0.05) is 33.6 Å². The van der Waals surface area contributed by atoms with Crippen molar-refractivity contribution in [1.29, 1.82) is 0 Å². The molecule has 10 nitrogen and oxygen atoms in total. The Balaban J connectivity index is 1.60. The van der Waals surface area contributed by atoms with E-state index in [0.717, 1.165) is 11.0 Å². The number of amides is 4. The van der Waals surface area contributed by atoms with Crippen LogP contribution in [0.25, 0.3) is 0 Å². The lowest BCUT2D eigenvalue weighted by Crippen LogP contribution is -2.65. The molecule has 1 aliphatic carbocycles. The number of piperidine rings is 1. The molecule has 1 aromatic carbocycles. The van der Waals surface area contributed by atoms with E-state index >= 15 is 0 Å². The fourth-order valence-corrected chi connectivity index (χ4v) is 5.85. The molecule has 2 fully saturated rings. The fourth-order valence-electron chi connectivity index (χ4n) is 5.85. The highest BCUT2D eigenvalue weighted by Crippen LogP contribution is 2.59. The molecule has 2 aromatic rings. The highest BCUT2D eigenvalue weighted by Gasteiger charge is 2.63. The van der Waals surface area contributed by atoms with Crippen molar-refractivity contribution in [3.8, 4) is 0 Å². The summed E-state index contributed by atoms with van der Waals surface area (Å²) in [4.78, 5) is 64.4. The number of aromatic amines is 1. The van der Waals surface area contributed by atoms with Crippen molar-refractivity contribution in [1.82, 2.24) is 10.2 Å². The number of fused-ring (bicyclic) bond motifs is 2. The molecular weight excluding hydrogens is 507 g/mol. The Bertz CT molecular complexity index is 1340. The number of nitrogens with zero attached hydrogens (tertiary/aromatic N) is 2. The van der Waals surface area contributed by atoms with Gasteiger partial charge in [-0.15, -0.1) is 0 Å². The number of alkyl halides is 3. The second-order valence-electron chi connectivity index (χ2n) is 10.8. The van der Waals surface area contributed by atoms with Crippen LogP contribution >= 0.6 is 0 Å². The Labute approximate surface area is 215 Å². The van der Waals surface area contributed by atoms with Crippen molar-refractivity contribution >= 4 is 46.7 Å². The summed E-state index contributed by atoms with van der Waals surface area (Å²) >= 11 is 0. The molecule has 3 atom stereocenters. The van der Waals surface area contributed by atoms with Gasteiger partial charge in [0.25, 0.3) is 0 Å². The van der Waals surface area contributed by atoms with Gasteiger partial charge in [-0.1, -0.05) is 32.9 Å². The summed E-state index contributed by atoms with van der Waals surface area (Å²) in [5.74, 6) is -4.84. The minimum atomic E-state index is -5.14. The molecule has 1 aliphatic heterocycles. The first-order valence-corrected chi connectivity index (χ1v) is 11.7. The van der Waals surface area contributed by atoms with Gasteiger partial charge in [0.05, 0.1) is 0 Å². The SMILES string of the molecule is CC(=O)c1cccc(NC(=O)C2(C)C[C@@]3(C)C[C@@](C)(C2)C(=O)N(c2cc(NC(=O)C(F)(F)F)[nH]n2)C3=O)c1. The average Bonchev–Trinajstić information content (AvgIpc) is 3.25. The number of ketones is 1. The first kappa shape index (κ1) is 27.0. The Morgan fingerprint density at radius 1 is 0.974 bits per heavy atom. The van der Waals surface area contributed by atoms with Crippen LogP contribution in [0.5, 0.6) is 0 Å². The number of imide groups is 1. The van der Waals surface area contributed by atoms with Gasteiger partial charge >= 0.3 is 12.1 Å². The average molecular weight is 534 g/mol. The first-order chi connectivity index (χ1) is 17.5. The molecule has 0 radical (unpaired) electrons. The Morgan fingerprint density at radius 2 is 1.58 bits per heavy atom. The van der Waals surface area contributed by atoms with Crippen LogP contribution in [0.15, 0.2) is 30.3 Å². The van der Waals surface area contributed by atoms with Gasteiger partial charge < -0.3 is 10.6 Å². The van der Waals surface area contributed by atoms with E-state index in [1.54, 1.807) is 50.4 Å². The van der Waals surface area contributed by atoms with Gasteiger partial charge in [0.1, 0.15) is 5.82 Å². The smallest absolute Gasteiger partial charge is 0.326 e. The number of anilines is 3. The summed E-state index contributed by atoms with van der Waals surface area (Å²) in [5, 5.41) is 10.4. The van der Waals surface area contributed by atoms with Gasteiger partial charge in [0.15, 0.2) is 11.6 Å². The Kier molecular flexibility index (Phi) is 6.24. The van der Waals surface area contributed by atoms with Gasteiger partial charge in [-0.3, -0.25) is 29.1 Å². The van der Waals surface area contributed by atoms with Crippen molar-refractivity contribution in [3.05, 3.63) is 35.9 Å². The molecule has 1 saturated carbocycles. The monoisotopic (exact) mass is 533 g/mol. The lowest BCUT2D eigenvalue weighted by molar-refractivity contribution is -0.167. The summed E-state index contributed by atoms with van der Waals surface area (Å²) in [6, 6.07) is 7.40. The number of hydrogen-bond acceptors (Lipinski definition) is 6. The number of aromatic nitrogens is 2. The van der Waals surface area contributed by atoms with Crippen LogP contribution in [0.2, 0.25) is 0 Å². The van der Waals surface area contributed by atoms with Crippen molar-refractivity contribution in [2.24, 2.45) is 16.2 Å². The third-order valence-corrected chi connectivity index (χ3v) is 7.15. The highest BCUT2D eigenvalue weighted by molar-refractivity contribution is 6.20. The molecule has 4 amide bonds. The maximum Gasteiger partial charge on any atom is 0.471 e. The lowest BCUT2D eigenvalue weighted by Gasteiger charge is -2.55. The quantitative estimate of drug-likeness (QED) is 0.394. The summed E-state index contributed by atoms with van der Waals surface area (Å²) in [6.45, 7) is 6.34. The van der Waals surface area contributed by atoms with E-state index in [4.69, 9.17) is 0 Å². The molecule has 1 unspecified atom stereocenters. The second kappa shape index (κ2) is 8.77. The summed E-state index contributed by atoms with van der Waals surface area (Å²) in [7, 11) is 0. The van der Waals surface area contributed by atoms with Crippen molar-refractivity contribution in [3.63, 3.8) is 0 Å². The fraction of sp³-hybridized carbons (Fsp3) is 0.440. The number of benzene rings is 1. The molecule has 3 N–H and O–H groups in total. The molecule has 202 valence electrons. The Morgan fingerprint density at radius 3 is 2.13 bits per heavy atom. The predicted molar refractivity (Wildman–Crippen MR) is 129 cm³/mol. The topological polar surface area (TPSA) is 141 Å². The lowest BCUT2D eigenvalue weighted by atomic mass is 9.51. The van der Waals surface area contributed by atoms with E-state index < -0.39 is 51.9 Å². The van der Waals surface area contributed by atoms with Crippen molar-refractivity contribution < 1.29 is 37.1 Å². The minimum absolute atomic E-state index is 0.0819. The van der Waals surface area contributed by atoms with E-state index in [-0.39, 0.29) is 30.9 Å². The standard InChI is InChI=1S/C25H26F3N5O5/c1-13(34)14-6-5-7-15(8-14)29-18(35)22(2)10-23(3)12-24(4,11-22)21(38)33(20(23)37)17-9-16(31-32-17)30-19(36)25(26,27)28/h5-9H,10-12H2,1-4H3,(H,29,35)(H2,30,31,32,36)/t22?,23-,24+. The van der Waals surface area contributed by atoms with Crippen LogP contribution in [-0.2, 0) is 19.2 Å². The third kappa shape index (κ3) is 4.68. The zero-order valence-electron chi connectivity index (χ0n) is 21.1. The van der Waals surface area contributed by atoms with E-state index in [0.29, 0.717) is 11.3 Å². The number of hydrogen-bond donors (Lipinski definition) is 3. The minimum Gasteiger partial charge on any atom is -0.326 e. The predicted octanol–water partition coefficient (Wildman–Crippen LogP) is 3.83. The number of carbonyl (C=O) groups is 5. The van der Waals surface area contributed by atoms with Gasteiger partial charge in [-0.2, -0.15) is 18.3 Å². The number of halogens is 3. The molecule has 2 heterocycles. The van der Waals surface area contributed by atoms with Gasteiger partial charge in [-0.25, -0.2) is 4.90 Å². The molecule has 38 heavy (non-hydrogen) atoms. The van der Waals surface area contributed by atoms with E-state index in [1.807, 2.05) is 0 Å². The van der Waals surface area contributed by atoms with E-state index in [9.17, 15) is 37.1 Å². The molecule has 2 aliphatic rings. The number of Topliss-reactive ketones (excluding diaryl/α,β-unsaturated/α-hetero) is 1. The molecule has 13 heteroatoms. The van der Waals surface area contributed by atoms with Crippen LogP contribution in [0.4, 0.5) is 30.5 Å². The van der Waals surface area contributed by atoms with Gasteiger partial charge in [-0.05, 0) is 38.3 Å². The summed E-state index contributed by atoms with van der Waals surface area (Å²) in [5.41, 5.74) is -2.68. The summed E-state index contributed by atoms with van der Waals surface area (Å²) < 4.78 is 37.8. The third-order valence-electron chi connectivity index (χ3n) is 7.15. The molecule has 1 aromatic heterocycles. The number of H-pyrrole nitrogens is 1. The first-order valence-electron chi connectivity index (χ1n) is 11.7. The van der Waals surface area contributed by atoms with Crippen LogP contribution < -0.4 is 15.5 Å². The Hall–Kier alpha value is -4.03. The summed E-state index contributed by atoms with van der Waals surface area (Å²) in [6.07, 6.45) is -4.81. The van der Waals surface area contributed by atoms with E-state index in [2.05, 4.69) is 15.5 Å². The number of rotatable bonds is 5. The van der Waals surface area contributed by atoms with Crippen LogP contribution in [0.1, 0.15) is 57.3 Å². The zero-order chi connectivity index (χ0) is 28.3. The molecule has 2 bridgehead atoms. The largest absolute Gasteiger partial charge is 0.471 e. The molecule has 0 spiro atoms. The molecule has 1 saturated heterocycles. The van der Waals surface area contributed by atoms with Gasteiger partial charge in [0.2, 0.25) is 17.7 Å². The number of carbonyl (C=O) groups excluding carboxylic acids is 5. The van der Waals surface area contributed by atoms with E-state index in [1.165, 1.54) is 6.92 Å². The second-order valence-corrected chi connectivity index (χ2v) is 10.8. The maximum absolute atomic E-state index is 13.6. The maximum atomic E-state index is 13.6. The highest BCUT2D eigenvalue weighted by atomic mass is 19.4. The zero-order valence-corrected chi connectivity index (χ0v) is 21.1. The molecule has 4 rings (SSSR count). The van der Waals surface area contributed by atoms with Crippen LogP contribution in [-0.4, -0.2) is 45.8 Å². The molecular formula is C25H26F3N5O5. The van der Waals surface area contributed by atoms with Crippen molar-refractivity contribution in [2.45, 2.75) is 53.1 Å². The van der Waals surface area contributed by atoms with Crippen molar-refractivity contribution in [2.75, 3.05) is 15.5 Å².